The van der Waals surface area contributed by atoms with Gasteiger partial charge in [0.25, 0.3) is 5.91 Å². The fourth-order valence-electron chi connectivity index (χ4n) is 1.58. The Hall–Kier alpha value is -1.58. The Balaban J connectivity index is 2.30. The molecule has 0 heterocycles. The summed E-state index contributed by atoms with van der Waals surface area (Å²) in [7, 11) is 0. The zero-order valence-electron chi connectivity index (χ0n) is 10.0. The molecular formula is C14H10Cl2FNO. The van der Waals surface area contributed by atoms with Gasteiger partial charge in [0.05, 0.1) is 16.3 Å². The van der Waals surface area contributed by atoms with Gasteiger partial charge in [-0.25, -0.2) is 4.39 Å². The molecule has 1 amide bonds. The number of hydrogen-bond donors (Lipinski definition) is 1. The number of rotatable bonds is 2. The van der Waals surface area contributed by atoms with Gasteiger partial charge in [0.1, 0.15) is 5.82 Å². The number of carbonyl (C=O) groups is 1. The Morgan fingerprint density at radius 3 is 2.53 bits per heavy atom. The van der Waals surface area contributed by atoms with Gasteiger partial charge in [0.2, 0.25) is 0 Å². The highest BCUT2D eigenvalue weighted by Gasteiger charge is 2.13. The number of halogens is 3. The molecule has 0 spiro atoms. The predicted molar refractivity (Wildman–Crippen MR) is 75.6 cm³/mol. The van der Waals surface area contributed by atoms with Crippen molar-refractivity contribution in [1.82, 2.24) is 0 Å². The van der Waals surface area contributed by atoms with E-state index in [0.29, 0.717) is 15.7 Å². The van der Waals surface area contributed by atoms with Crippen molar-refractivity contribution in [3.8, 4) is 0 Å². The Morgan fingerprint density at radius 1 is 1.16 bits per heavy atom. The fraction of sp³-hybridized carbons (Fsp3) is 0.0714. The van der Waals surface area contributed by atoms with E-state index in [9.17, 15) is 9.18 Å². The van der Waals surface area contributed by atoms with Gasteiger partial charge >= 0.3 is 0 Å². The minimum Gasteiger partial charge on any atom is -0.320 e. The van der Waals surface area contributed by atoms with Gasteiger partial charge in [-0.15, -0.1) is 0 Å². The number of carbonyl (C=O) groups excluding carboxylic acids is 1. The highest BCUT2D eigenvalue weighted by molar-refractivity contribution is 6.36. The standard InChI is InChI=1S/C14H10Cl2FNO/c1-8-6-11(16)13(7-10(8)15)18-14(19)9-4-2-3-5-12(9)17/h2-7H,1H3,(H,18,19). The predicted octanol–water partition coefficient (Wildman–Crippen LogP) is 4.69. The summed E-state index contributed by atoms with van der Waals surface area (Å²) in [4.78, 5) is 11.9. The van der Waals surface area contributed by atoms with Crippen molar-refractivity contribution in [2.24, 2.45) is 0 Å². The highest BCUT2D eigenvalue weighted by Crippen LogP contribution is 2.29. The fourth-order valence-corrected chi connectivity index (χ4v) is 2.01. The molecular weight excluding hydrogens is 288 g/mol. The summed E-state index contributed by atoms with van der Waals surface area (Å²) < 4.78 is 13.5. The number of anilines is 1. The van der Waals surface area contributed by atoms with Crippen LogP contribution in [0.3, 0.4) is 0 Å². The van der Waals surface area contributed by atoms with Crippen molar-refractivity contribution in [2.45, 2.75) is 6.92 Å². The van der Waals surface area contributed by atoms with E-state index < -0.39 is 11.7 Å². The van der Waals surface area contributed by atoms with Gasteiger partial charge < -0.3 is 5.32 Å². The molecule has 5 heteroatoms. The minimum atomic E-state index is -0.589. The maximum absolute atomic E-state index is 13.5. The Labute approximate surface area is 120 Å². The summed E-state index contributed by atoms with van der Waals surface area (Å²) in [5, 5.41) is 3.37. The number of hydrogen-bond acceptors (Lipinski definition) is 1. The van der Waals surface area contributed by atoms with Gasteiger partial charge in [-0.3, -0.25) is 4.79 Å². The molecule has 19 heavy (non-hydrogen) atoms. The van der Waals surface area contributed by atoms with Gasteiger partial charge in [-0.05, 0) is 36.8 Å². The van der Waals surface area contributed by atoms with Crippen LogP contribution in [0.2, 0.25) is 10.0 Å². The smallest absolute Gasteiger partial charge is 0.258 e. The monoisotopic (exact) mass is 297 g/mol. The lowest BCUT2D eigenvalue weighted by Crippen LogP contribution is -2.14. The van der Waals surface area contributed by atoms with Crippen molar-refractivity contribution in [3.05, 3.63) is 63.4 Å². The average Bonchev–Trinajstić information content (AvgIpc) is 2.36. The van der Waals surface area contributed by atoms with E-state index in [0.717, 1.165) is 5.56 Å². The van der Waals surface area contributed by atoms with Crippen LogP contribution in [0, 0.1) is 12.7 Å². The average molecular weight is 298 g/mol. The molecule has 0 aromatic heterocycles. The molecule has 0 radical (unpaired) electrons. The second-order valence-electron chi connectivity index (χ2n) is 4.02. The molecule has 0 saturated carbocycles. The highest BCUT2D eigenvalue weighted by atomic mass is 35.5. The molecule has 2 nitrogen and oxygen atoms in total. The molecule has 0 saturated heterocycles. The van der Waals surface area contributed by atoms with Crippen LogP contribution >= 0.6 is 23.2 Å². The van der Waals surface area contributed by atoms with Crippen molar-refractivity contribution in [2.75, 3.05) is 5.32 Å². The second-order valence-corrected chi connectivity index (χ2v) is 4.83. The Bertz CT molecular complexity index is 643. The van der Waals surface area contributed by atoms with E-state index in [4.69, 9.17) is 23.2 Å². The first-order valence-corrected chi connectivity index (χ1v) is 6.26. The van der Waals surface area contributed by atoms with Crippen LogP contribution in [0.25, 0.3) is 0 Å². The molecule has 0 bridgehead atoms. The maximum atomic E-state index is 13.5. The summed E-state index contributed by atoms with van der Waals surface area (Å²) in [5.41, 5.74) is 1.11. The molecule has 0 unspecified atom stereocenters. The van der Waals surface area contributed by atoms with Crippen LogP contribution in [0.15, 0.2) is 36.4 Å². The lowest BCUT2D eigenvalue weighted by molar-refractivity contribution is 0.102. The summed E-state index contributed by atoms with van der Waals surface area (Å²) in [5.74, 6) is -1.16. The molecule has 0 aliphatic rings. The van der Waals surface area contributed by atoms with E-state index in [1.54, 1.807) is 19.1 Å². The summed E-state index contributed by atoms with van der Waals surface area (Å²) in [6, 6.07) is 8.90. The number of amides is 1. The van der Waals surface area contributed by atoms with Crippen LogP contribution < -0.4 is 5.32 Å². The number of aryl methyl sites for hydroxylation is 1. The van der Waals surface area contributed by atoms with E-state index in [1.807, 2.05) is 0 Å². The lowest BCUT2D eigenvalue weighted by Gasteiger charge is -2.09. The van der Waals surface area contributed by atoms with Gasteiger partial charge in [0, 0.05) is 5.02 Å². The summed E-state index contributed by atoms with van der Waals surface area (Å²) in [6.45, 7) is 1.80. The van der Waals surface area contributed by atoms with Crippen molar-refractivity contribution in [3.63, 3.8) is 0 Å². The van der Waals surface area contributed by atoms with Crippen molar-refractivity contribution >= 4 is 34.8 Å². The van der Waals surface area contributed by atoms with Gasteiger partial charge in [0.15, 0.2) is 0 Å². The Morgan fingerprint density at radius 2 is 1.84 bits per heavy atom. The van der Waals surface area contributed by atoms with E-state index >= 15 is 0 Å². The summed E-state index contributed by atoms with van der Waals surface area (Å²) in [6.07, 6.45) is 0. The van der Waals surface area contributed by atoms with Gasteiger partial charge in [-0.2, -0.15) is 0 Å². The third-order valence-corrected chi connectivity index (χ3v) is 3.33. The molecule has 0 fully saturated rings. The molecule has 2 rings (SSSR count). The Kier molecular flexibility index (Phi) is 4.08. The third-order valence-electron chi connectivity index (χ3n) is 2.61. The van der Waals surface area contributed by atoms with Crippen LogP contribution in [-0.2, 0) is 0 Å². The zero-order chi connectivity index (χ0) is 14.0. The first-order valence-electron chi connectivity index (χ1n) is 5.50. The number of nitrogens with one attached hydrogen (secondary N) is 1. The first-order chi connectivity index (χ1) is 8.99. The minimum absolute atomic E-state index is 0.0461. The van der Waals surface area contributed by atoms with Gasteiger partial charge in [-0.1, -0.05) is 35.3 Å². The molecule has 2 aromatic carbocycles. The second kappa shape index (κ2) is 5.59. The van der Waals surface area contributed by atoms with Crippen LogP contribution in [0.4, 0.5) is 10.1 Å². The van der Waals surface area contributed by atoms with E-state index in [-0.39, 0.29) is 5.56 Å². The molecule has 0 aliphatic carbocycles. The topological polar surface area (TPSA) is 29.1 Å². The third kappa shape index (κ3) is 3.06. The molecule has 1 N–H and O–H groups in total. The summed E-state index contributed by atoms with van der Waals surface area (Å²) >= 11 is 12.0. The number of benzene rings is 2. The molecule has 2 aromatic rings. The molecule has 0 aliphatic heterocycles. The normalized spacial score (nSPS) is 10.3. The van der Waals surface area contributed by atoms with Crippen LogP contribution in [0.1, 0.15) is 15.9 Å². The van der Waals surface area contributed by atoms with Crippen molar-refractivity contribution < 1.29 is 9.18 Å². The van der Waals surface area contributed by atoms with E-state index in [2.05, 4.69) is 5.32 Å². The van der Waals surface area contributed by atoms with Crippen molar-refractivity contribution in [1.29, 1.82) is 0 Å². The van der Waals surface area contributed by atoms with E-state index in [1.165, 1.54) is 24.3 Å². The SMILES string of the molecule is Cc1cc(Cl)c(NC(=O)c2ccccc2F)cc1Cl. The molecule has 0 atom stereocenters. The quantitative estimate of drug-likeness (QED) is 0.856. The first kappa shape index (κ1) is 13.8. The lowest BCUT2D eigenvalue weighted by atomic mass is 10.2. The van der Waals surface area contributed by atoms with Crippen LogP contribution in [-0.4, -0.2) is 5.91 Å². The largest absolute Gasteiger partial charge is 0.320 e. The maximum Gasteiger partial charge on any atom is 0.258 e. The van der Waals surface area contributed by atoms with Crippen LogP contribution in [0.5, 0.6) is 0 Å². The molecule has 98 valence electrons. The zero-order valence-corrected chi connectivity index (χ0v) is 11.5.